The minimum absolute atomic E-state index is 0.0754. The lowest BCUT2D eigenvalue weighted by atomic mass is 9.98. The molecule has 0 radical (unpaired) electrons. The molecule has 5 N–H and O–H groups in total. The molecular weight excluding hydrogens is 274 g/mol. The van der Waals surface area contributed by atoms with Crippen molar-refractivity contribution in [2.45, 2.75) is 30.6 Å². The van der Waals surface area contributed by atoms with Gasteiger partial charge in [0.1, 0.15) is 30.2 Å². The molecule has 0 spiro atoms. The molecule has 110 valence electrons. The van der Waals surface area contributed by atoms with Crippen LogP contribution < -0.4 is 16.5 Å². The van der Waals surface area contributed by atoms with Crippen molar-refractivity contribution in [3.05, 3.63) is 22.7 Å². The molecule has 0 aromatic carbocycles. The van der Waals surface area contributed by atoms with Gasteiger partial charge in [-0.2, -0.15) is 4.98 Å². The number of nitrogen functional groups attached to an aromatic ring is 1. The standard InChI is InChI=1S/C10H13N3O7/c11-3-1-2-13(10(19)12-3)8-6(16)4(14)5(15)7(20-8)9(17)18/h1-2,4-8,14-16H,(H,17,18)(H2,11,12,19)/p-1. The van der Waals surface area contributed by atoms with E-state index in [1.165, 1.54) is 6.07 Å². The second-order valence-corrected chi connectivity index (χ2v) is 4.28. The summed E-state index contributed by atoms with van der Waals surface area (Å²) in [6.07, 6.45) is -7.77. The van der Waals surface area contributed by atoms with Gasteiger partial charge in [-0.25, -0.2) is 4.79 Å². The number of aliphatic hydroxyl groups excluding tert-OH is 3. The van der Waals surface area contributed by atoms with E-state index in [0.29, 0.717) is 0 Å². The van der Waals surface area contributed by atoms with Gasteiger partial charge in [0.05, 0.1) is 5.97 Å². The van der Waals surface area contributed by atoms with Crippen LogP contribution in [0.15, 0.2) is 17.1 Å². The van der Waals surface area contributed by atoms with Crippen LogP contribution in [0.3, 0.4) is 0 Å². The van der Waals surface area contributed by atoms with Crippen molar-refractivity contribution in [1.82, 2.24) is 9.55 Å². The number of anilines is 1. The lowest BCUT2D eigenvalue weighted by Gasteiger charge is -2.41. The second-order valence-electron chi connectivity index (χ2n) is 4.28. The number of aromatic nitrogens is 2. The first-order valence-electron chi connectivity index (χ1n) is 5.58. The van der Waals surface area contributed by atoms with Gasteiger partial charge in [0.25, 0.3) is 0 Å². The fourth-order valence-corrected chi connectivity index (χ4v) is 1.91. The van der Waals surface area contributed by atoms with Gasteiger partial charge >= 0.3 is 5.69 Å². The molecule has 0 saturated carbocycles. The smallest absolute Gasteiger partial charge is 0.351 e. The minimum Gasteiger partial charge on any atom is -0.547 e. The first kappa shape index (κ1) is 14.4. The first-order valence-corrected chi connectivity index (χ1v) is 5.58. The Kier molecular flexibility index (Phi) is 3.72. The highest BCUT2D eigenvalue weighted by molar-refractivity contribution is 5.71. The summed E-state index contributed by atoms with van der Waals surface area (Å²) in [5.74, 6) is -1.86. The molecule has 1 aromatic heterocycles. The van der Waals surface area contributed by atoms with Gasteiger partial charge in [0, 0.05) is 6.20 Å². The van der Waals surface area contributed by atoms with E-state index in [0.717, 1.165) is 10.8 Å². The van der Waals surface area contributed by atoms with Crippen molar-refractivity contribution in [2.75, 3.05) is 5.73 Å². The predicted molar refractivity (Wildman–Crippen MR) is 59.8 cm³/mol. The number of carbonyl (C=O) groups is 1. The average molecular weight is 286 g/mol. The topological polar surface area (TPSA) is 171 Å². The van der Waals surface area contributed by atoms with Crippen molar-refractivity contribution < 1.29 is 30.0 Å². The van der Waals surface area contributed by atoms with Crippen LogP contribution in [0.2, 0.25) is 0 Å². The van der Waals surface area contributed by atoms with Crippen LogP contribution >= 0.6 is 0 Å². The van der Waals surface area contributed by atoms with E-state index in [9.17, 15) is 30.0 Å². The summed E-state index contributed by atoms with van der Waals surface area (Å²) in [6, 6.07) is 1.23. The Morgan fingerprint density at radius 1 is 1.35 bits per heavy atom. The van der Waals surface area contributed by atoms with Crippen LogP contribution in [0.25, 0.3) is 0 Å². The molecule has 1 aromatic rings. The first-order chi connectivity index (χ1) is 9.32. The molecule has 1 aliphatic rings. The van der Waals surface area contributed by atoms with Crippen LogP contribution in [-0.4, -0.2) is 55.3 Å². The molecule has 10 nitrogen and oxygen atoms in total. The SMILES string of the molecule is Nc1ccn(C2OC(C(=O)[O-])C(O)C(O)C2O)c(=O)n1. The zero-order chi connectivity index (χ0) is 15.0. The van der Waals surface area contributed by atoms with Crippen molar-refractivity contribution in [1.29, 1.82) is 0 Å². The van der Waals surface area contributed by atoms with E-state index < -0.39 is 42.3 Å². The van der Waals surface area contributed by atoms with E-state index in [2.05, 4.69) is 4.98 Å². The maximum absolute atomic E-state index is 11.6. The Hall–Kier alpha value is -2.01. The van der Waals surface area contributed by atoms with Crippen LogP contribution in [0.1, 0.15) is 6.23 Å². The predicted octanol–water partition coefficient (Wildman–Crippen LogP) is -4.44. The Balaban J connectivity index is 2.39. The third kappa shape index (κ3) is 2.36. The maximum Gasteiger partial charge on any atom is 0.351 e. The molecule has 10 heteroatoms. The number of carbonyl (C=O) groups excluding carboxylic acids is 1. The number of ether oxygens (including phenoxy) is 1. The molecule has 0 amide bonds. The number of aliphatic hydroxyl groups is 3. The maximum atomic E-state index is 11.6. The third-order valence-electron chi connectivity index (χ3n) is 2.95. The van der Waals surface area contributed by atoms with Crippen molar-refractivity contribution in [2.24, 2.45) is 0 Å². The lowest BCUT2D eigenvalue weighted by molar-refractivity contribution is -0.337. The van der Waals surface area contributed by atoms with Crippen LogP contribution in [-0.2, 0) is 9.53 Å². The minimum atomic E-state index is -1.90. The fourth-order valence-electron chi connectivity index (χ4n) is 1.91. The van der Waals surface area contributed by atoms with Crippen LogP contribution in [0.5, 0.6) is 0 Å². The molecule has 2 rings (SSSR count). The van der Waals surface area contributed by atoms with Gasteiger partial charge in [0.15, 0.2) is 6.23 Å². The number of nitrogens with two attached hydrogens (primary N) is 1. The van der Waals surface area contributed by atoms with Crippen LogP contribution in [0.4, 0.5) is 5.82 Å². The molecule has 20 heavy (non-hydrogen) atoms. The molecule has 5 unspecified atom stereocenters. The Labute approximate surface area is 111 Å². The van der Waals surface area contributed by atoms with Crippen molar-refractivity contribution in [3.63, 3.8) is 0 Å². The van der Waals surface area contributed by atoms with Gasteiger partial charge < -0.3 is 35.7 Å². The summed E-state index contributed by atoms with van der Waals surface area (Å²) < 4.78 is 5.67. The van der Waals surface area contributed by atoms with E-state index in [-0.39, 0.29) is 5.82 Å². The largest absolute Gasteiger partial charge is 0.547 e. The molecule has 1 saturated heterocycles. The van der Waals surface area contributed by atoms with Gasteiger partial charge in [-0.1, -0.05) is 0 Å². The molecule has 1 aliphatic heterocycles. The molecular formula is C10H12N3O7-. The zero-order valence-corrected chi connectivity index (χ0v) is 9.99. The van der Waals surface area contributed by atoms with Gasteiger partial charge in [-0.05, 0) is 6.07 Å². The molecule has 0 aliphatic carbocycles. The van der Waals surface area contributed by atoms with E-state index in [1.807, 2.05) is 0 Å². The van der Waals surface area contributed by atoms with E-state index >= 15 is 0 Å². The van der Waals surface area contributed by atoms with Crippen molar-refractivity contribution >= 4 is 11.8 Å². The summed E-state index contributed by atoms with van der Waals surface area (Å²) in [7, 11) is 0. The molecule has 2 heterocycles. The molecule has 0 bridgehead atoms. The number of rotatable bonds is 2. The monoisotopic (exact) mass is 286 g/mol. The summed E-state index contributed by atoms with van der Waals surface area (Å²) >= 11 is 0. The Morgan fingerprint density at radius 2 is 2.00 bits per heavy atom. The number of aliphatic carboxylic acids is 1. The highest BCUT2D eigenvalue weighted by Crippen LogP contribution is 2.27. The summed E-state index contributed by atoms with van der Waals surface area (Å²) in [6.45, 7) is 0. The van der Waals surface area contributed by atoms with Crippen LogP contribution in [0, 0.1) is 0 Å². The fraction of sp³-hybridized carbons (Fsp3) is 0.500. The summed E-state index contributed by atoms with van der Waals surface area (Å²) in [4.78, 5) is 25.8. The normalized spacial score (nSPS) is 33.9. The molecule has 1 fully saturated rings. The quantitative estimate of drug-likeness (QED) is 0.418. The number of hydrogen-bond acceptors (Lipinski definition) is 9. The highest BCUT2D eigenvalue weighted by atomic mass is 16.6. The number of nitrogens with zero attached hydrogens (tertiary/aromatic N) is 2. The average Bonchev–Trinajstić information content (AvgIpc) is 2.37. The summed E-state index contributed by atoms with van der Waals surface area (Å²) in [5.41, 5.74) is 4.39. The lowest BCUT2D eigenvalue weighted by Crippen LogP contribution is -2.61. The third-order valence-corrected chi connectivity index (χ3v) is 2.95. The number of carboxylic acid groups (broad SMARTS) is 1. The van der Waals surface area contributed by atoms with Gasteiger partial charge in [0.2, 0.25) is 0 Å². The summed E-state index contributed by atoms with van der Waals surface area (Å²) in [5, 5.41) is 39.7. The van der Waals surface area contributed by atoms with Gasteiger partial charge in [-0.15, -0.1) is 0 Å². The second kappa shape index (κ2) is 5.17. The number of carboxylic acids is 1. The van der Waals surface area contributed by atoms with E-state index in [4.69, 9.17) is 10.5 Å². The highest BCUT2D eigenvalue weighted by Gasteiger charge is 2.45. The van der Waals surface area contributed by atoms with Gasteiger partial charge in [-0.3, -0.25) is 4.57 Å². The Morgan fingerprint density at radius 3 is 2.55 bits per heavy atom. The molecule has 5 atom stereocenters. The van der Waals surface area contributed by atoms with Crippen molar-refractivity contribution in [3.8, 4) is 0 Å². The number of hydrogen-bond donors (Lipinski definition) is 4. The Bertz CT molecular complexity index is 574. The zero-order valence-electron chi connectivity index (χ0n) is 9.99. The van der Waals surface area contributed by atoms with E-state index in [1.54, 1.807) is 0 Å².